The van der Waals surface area contributed by atoms with E-state index in [2.05, 4.69) is 4.72 Å². The Balaban J connectivity index is 1.62. The first kappa shape index (κ1) is 26.9. The van der Waals surface area contributed by atoms with Crippen LogP contribution in [0.1, 0.15) is 54.0 Å². The van der Waals surface area contributed by atoms with Crippen molar-refractivity contribution in [2.24, 2.45) is 0 Å². The summed E-state index contributed by atoms with van der Waals surface area (Å²) in [6, 6.07) is 15.4. The maximum atomic E-state index is 14.1. The number of halogens is 3. The summed E-state index contributed by atoms with van der Waals surface area (Å²) < 4.78 is 71.2. The number of hydrogen-bond acceptors (Lipinski definition) is 3. The van der Waals surface area contributed by atoms with Crippen LogP contribution in [0, 0.1) is 0 Å². The van der Waals surface area contributed by atoms with E-state index in [1.54, 1.807) is 18.2 Å². The molecule has 0 heterocycles. The molecule has 0 radical (unpaired) electrons. The van der Waals surface area contributed by atoms with E-state index >= 15 is 0 Å². The second-order valence-corrected chi connectivity index (χ2v) is 11.4. The SMILES string of the molecule is CC(C)c1ccccc1-c1ccc(S(=O)(=O)NC2Cc3ccc(CCC(=O)O)cc3C2)c(C(F)(F)F)c1. The van der Waals surface area contributed by atoms with Gasteiger partial charge < -0.3 is 5.11 Å². The molecule has 1 unspecified atom stereocenters. The third-order valence-electron chi connectivity index (χ3n) is 6.62. The molecule has 3 aromatic carbocycles. The fourth-order valence-corrected chi connectivity index (χ4v) is 6.31. The molecule has 1 aliphatic rings. The average molecular weight is 532 g/mol. The zero-order valence-electron chi connectivity index (χ0n) is 20.5. The lowest BCUT2D eigenvalue weighted by Gasteiger charge is -2.19. The molecule has 0 aromatic heterocycles. The highest BCUT2D eigenvalue weighted by Gasteiger charge is 2.39. The van der Waals surface area contributed by atoms with E-state index in [0.29, 0.717) is 30.4 Å². The molecule has 0 bridgehead atoms. The standard InChI is InChI=1S/C28H28F3NO4S/c1-17(2)23-5-3-4-6-24(23)20-10-11-26(25(16-20)28(29,30)31)37(35,36)32-22-14-19-9-7-18(8-12-27(33)34)13-21(19)15-22/h3-7,9-11,13,16-17,22,32H,8,12,14-15H2,1-2H3,(H,33,34). The van der Waals surface area contributed by atoms with Crippen molar-refractivity contribution in [1.29, 1.82) is 0 Å². The van der Waals surface area contributed by atoms with Crippen LogP contribution in [0.25, 0.3) is 11.1 Å². The predicted molar refractivity (Wildman–Crippen MR) is 135 cm³/mol. The number of aryl methyl sites for hydroxylation is 1. The molecule has 0 saturated heterocycles. The number of fused-ring (bicyclic) bond motifs is 1. The molecule has 3 aromatic rings. The number of nitrogens with one attached hydrogen (secondary N) is 1. The highest BCUT2D eigenvalue weighted by Crippen LogP contribution is 2.39. The van der Waals surface area contributed by atoms with Gasteiger partial charge in [0, 0.05) is 12.5 Å². The number of alkyl halides is 3. The Morgan fingerprint density at radius 3 is 2.41 bits per heavy atom. The molecular formula is C28H28F3NO4S. The lowest BCUT2D eigenvalue weighted by molar-refractivity contribution is -0.140. The molecule has 2 N–H and O–H groups in total. The first-order valence-electron chi connectivity index (χ1n) is 12.0. The average Bonchev–Trinajstić information content (AvgIpc) is 3.22. The summed E-state index contributed by atoms with van der Waals surface area (Å²) in [4.78, 5) is 10.0. The van der Waals surface area contributed by atoms with E-state index < -0.39 is 38.7 Å². The zero-order valence-corrected chi connectivity index (χ0v) is 21.3. The van der Waals surface area contributed by atoms with Crippen molar-refractivity contribution in [2.45, 2.75) is 62.6 Å². The van der Waals surface area contributed by atoms with Gasteiger partial charge in [-0.25, -0.2) is 13.1 Å². The first-order valence-corrected chi connectivity index (χ1v) is 13.5. The van der Waals surface area contributed by atoms with Gasteiger partial charge in [0.05, 0.1) is 10.5 Å². The summed E-state index contributed by atoms with van der Waals surface area (Å²) in [6.45, 7) is 3.89. The van der Waals surface area contributed by atoms with Crippen LogP contribution in [0.15, 0.2) is 65.6 Å². The van der Waals surface area contributed by atoms with Crippen LogP contribution in [0.2, 0.25) is 0 Å². The van der Waals surface area contributed by atoms with Gasteiger partial charge in [0.2, 0.25) is 10.0 Å². The summed E-state index contributed by atoms with van der Waals surface area (Å²) in [7, 11) is -4.48. The number of benzene rings is 3. The molecule has 196 valence electrons. The predicted octanol–water partition coefficient (Wildman–Crippen LogP) is 5.96. The second-order valence-electron chi connectivity index (χ2n) is 9.67. The zero-order chi connectivity index (χ0) is 27.0. The molecule has 0 spiro atoms. The number of carboxylic acids is 1. The van der Waals surface area contributed by atoms with Crippen molar-refractivity contribution in [3.63, 3.8) is 0 Å². The minimum Gasteiger partial charge on any atom is -0.481 e. The Morgan fingerprint density at radius 2 is 1.73 bits per heavy atom. The summed E-state index contributed by atoms with van der Waals surface area (Å²) in [5.74, 6) is -0.838. The summed E-state index contributed by atoms with van der Waals surface area (Å²) in [5, 5.41) is 8.89. The van der Waals surface area contributed by atoms with Gasteiger partial charge in [-0.1, -0.05) is 62.4 Å². The summed E-state index contributed by atoms with van der Waals surface area (Å²) >= 11 is 0. The Kier molecular flexibility index (Phi) is 7.48. The molecule has 1 aliphatic carbocycles. The van der Waals surface area contributed by atoms with Crippen LogP contribution >= 0.6 is 0 Å². The van der Waals surface area contributed by atoms with E-state index in [0.717, 1.165) is 34.4 Å². The van der Waals surface area contributed by atoms with Crippen LogP contribution in [-0.4, -0.2) is 25.5 Å². The normalized spacial score (nSPS) is 15.7. The largest absolute Gasteiger partial charge is 0.481 e. The second kappa shape index (κ2) is 10.3. The molecule has 5 nitrogen and oxygen atoms in total. The number of rotatable bonds is 8. The summed E-state index contributed by atoms with van der Waals surface area (Å²) in [5.41, 5.74) is 3.18. The van der Waals surface area contributed by atoms with Crippen LogP contribution in [0.4, 0.5) is 13.2 Å². The molecule has 9 heteroatoms. The van der Waals surface area contributed by atoms with Crippen LogP contribution in [-0.2, 0) is 40.3 Å². The van der Waals surface area contributed by atoms with E-state index in [9.17, 15) is 26.4 Å². The Morgan fingerprint density at radius 1 is 1.03 bits per heavy atom. The molecule has 0 saturated carbocycles. The van der Waals surface area contributed by atoms with Gasteiger partial charge in [-0.05, 0) is 70.7 Å². The third-order valence-corrected chi connectivity index (χ3v) is 8.20. The fourth-order valence-electron chi connectivity index (χ4n) is 4.86. The van der Waals surface area contributed by atoms with E-state index in [1.165, 1.54) is 6.07 Å². The molecule has 1 atom stereocenters. The number of hydrogen-bond donors (Lipinski definition) is 2. The fraction of sp³-hybridized carbons (Fsp3) is 0.321. The number of carbonyl (C=O) groups is 1. The maximum absolute atomic E-state index is 14.1. The minimum absolute atomic E-state index is 0.0211. The van der Waals surface area contributed by atoms with Crippen molar-refractivity contribution < 1.29 is 31.5 Å². The van der Waals surface area contributed by atoms with Crippen LogP contribution in [0.3, 0.4) is 0 Å². The van der Waals surface area contributed by atoms with Gasteiger partial charge in [0.1, 0.15) is 0 Å². The van der Waals surface area contributed by atoms with Gasteiger partial charge in [-0.2, -0.15) is 13.2 Å². The van der Waals surface area contributed by atoms with Gasteiger partial charge in [0.15, 0.2) is 0 Å². The van der Waals surface area contributed by atoms with E-state index in [1.807, 2.05) is 38.1 Å². The first-order chi connectivity index (χ1) is 17.3. The molecular weight excluding hydrogens is 503 g/mol. The minimum atomic E-state index is -4.87. The van der Waals surface area contributed by atoms with Crippen molar-refractivity contribution in [3.8, 4) is 11.1 Å². The molecule has 4 rings (SSSR count). The van der Waals surface area contributed by atoms with Crippen molar-refractivity contribution in [3.05, 3.63) is 88.5 Å². The monoisotopic (exact) mass is 531 g/mol. The number of sulfonamides is 1. The molecule has 0 fully saturated rings. The van der Waals surface area contributed by atoms with Crippen molar-refractivity contribution >= 4 is 16.0 Å². The Hall–Kier alpha value is -3.17. The lowest BCUT2D eigenvalue weighted by atomic mass is 9.92. The highest BCUT2D eigenvalue weighted by atomic mass is 32.2. The van der Waals surface area contributed by atoms with Crippen LogP contribution in [0.5, 0.6) is 0 Å². The smallest absolute Gasteiger partial charge is 0.417 e. The number of carboxylic acid groups (broad SMARTS) is 1. The topological polar surface area (TPSA) is 83.5 Å². The summed E-state index contributed by atoms with van der Waals surface area (Å²) in [6.07, 6.45) is -3.89. The molecule has 37 heavy (non-hydrogen) atoms. The van der Waals surface area contributed by atoms with Crippen LogP contribution < -0.4 is 4.72 Å². The van der Waals surface area contributed by atoms with Gasteiger partial charge in [-0.3, -0.25) is 4.79 Å². The lowest BCUT2D eigenvalue weighted by Crippen LogP contribution is -2.36. The van der Waals surface area contributed by atoms with Gasteiger partial charge >= 0.3 is 12.1 Å². The molecule has 0 aliphatic heterocycles. The maximum Gasteiger partial charge on any atom is 0.417 e. The van der Waals surface area contributed by atoms with E-state index in [4.69, 9.17) is 5.11 Å². The Bertz CT molecular complexity index is 1430. The van der Waals surface area contributed by atoms with Gasteiger partial charge in [0.25, 0.3) is 0 Å². The number of aliphatic carboxylic acids is 1. The Labute approximate surface area is 214 Å². The van der Waals surface area contributed by atoms with Gasteiger partial charge in [-0.15, -0.1) is 0 Å². The van der Waals surface area contributed by atoms with E-state index in [-0.39, 0.29) is 12.3 Å². The quantitative estimate of drug-likeness (QED) is 0.376. The van der Waals surface area contributed by atoms with Crippen molar-refractivity contribution in [2.75, 3.05) is 0 Å². The highest BCUT2D eigenvalue weighted by molar-refractivity contribution is 7.89. The third kappa shape index (κ3) is 6.05. The van der Waals surface area contributed by atoms with Crippen molar-refractivity contribution in [1.82, 2.24) is 4.72 Å². The molecule has 0 amide bonds.